The van der Waals surface area contributed by atoms with Crippen LogP contribution in [-0.2, 0) is 4.74 Å². The lowest BCUT2D eigenvalue weighted by molar-refractivity contribution is 0.0353. The van der Waals surface area contributed by atoms with Crippen molar-refractivity contribution in [3.8, 4) is 0 Å². The highest BCUT2D eigenvalue weighted by Crippen LogP contribution is 2.16. The van der Waals surface area contributed by atoms with Crippen LogP contribution in [-0.4, -0.2) is 35.9 Å². The molecule has 5 heteroatoms. The molecule has 0 bridgehead atoms. The van der Waals surface area contributed by atoms with Crippen LogP contribution in [0, 0.1) is 0 Å². The average Bonchev–Trinajstić information content (AvgIpc) is 2.91. The van der Waals surface area contributed by atoms with Gasteiger partial charge in [0.2, 0.25) is 0 Å². The zero-order chi connectivity index (χ0) is 24.6. The Balaban J connectivity index is 1.55. The molecule has 1 atom stereocenters. The first-order valence-corrected chi connectivity index (χ1v) is 13.7. The van der Waals surface area contributed by atoms with Gasteiger partial charge in [0.15, 0.2) is 11.7 Å². The van der Waals surface area contributed by atoms with Gasteiger partial charge in [-0.1, -0.05) is 119 Å². The second-order valence-electron chi connectivity index (χ2n) is 9.41. The molecule has 1 aliphatic rings. The molecule has 35 heavy (non-hydrogen) atoms. The molecule has 0 saturated carbocycles. The summed E-state index contributed by atoms with van der Waals surface area (Å²) in [5.41, 5.74) is 5.63. The van der Waals surface area contributed by atoms with Crippen molar-refractivity contribution in [2.24, 2.45) is 10.2 Å². The number of hydrogen-bond donors (Lipinski definition) is 1. The van der Waals surface area contributed by atoms with Crippen LogP contribution in [0.1, 0.15) is 95.6 Å². The minimum Gasteiger partial charge on any atom is -0.378 e. The zero-order valence-electron chi connectivity index (χ0n) is 21.8. The fourth-order valence-corrected chi connectivity index (χ4v) is 4.39. The predicted octanol–water partition coefficient (Wildman–Crippen LogP) is 7.33. The molecule has 0 fully saturated rings. The zero-order valence-corrected chi connectivity index (χ0v) is 21.8. The van der Waals surface area contributed by atoms with Gasteiger partial charge in [-0.15, -0.1) is 10.2 Å². The van der Waals surface area contributed by atoms with Gasteiger partial charge in [0.05, 0.1) is 6.10 Å². The molecule has 1 heterocycles. The van der Waals surface area contributed by atoms with E-state index in [9.17, 15) is 0 Å². The maximum Gasteiger partial charge on any atom is 0.177 e. The highest BCUT2D eigenvalue weighted by molar-refractivity contribution is 6.06. The van der Waals surface area contributed by atoms with Gasteiger partial charge in [-0.2, -0.15) is 0 Å². The standard InChI is InChI=1S/C30H44N4O/c1-3-5-7-8-9-16-25-35-28(22-6-4-2)23-17-24-34-30(27-20-14-11-15-21-27)32-31-29(33-34)26-18-12-10-13-19-26/h10-15,18-21,28H,3-9,16-17,22-25H2,1-2H3,(H,31,33). The van der Waals surface area contributed by atoms with Crippen molar-refractivity contribution in [1.82, 2.24) is 10.4 Å². The van der Waals surface area contributed by atoms with E-state index in [1.807, 2.05) is 36.4 Å². The fraction of sp³-hybridized carbons (Fsp3) is 0.533. The molecule has 0 saturated heterocycles. The lowest BCUT2D eigenvalue weighted by Crippen LogP contribution is -2.49. The number of hydrazine groups is 1. The number of ether oxygens (including phenoxy) is 1. The summed E-state index contributed by atoms with van der Waals surface area (Å²) in [4.78, 5) is 0. The van der Waals surface area contributed by atoms with E-state index in [4.69, 9.17) is 4.74 Å². The molecule has 1 N–H and O–H groups in total. The van der Waals surface area contributed by atoms with Gasteiger partial charge in [0.1, 0.15) is 0 Å². The van der Waals surface area contributed by atoms with Gasteiger partial charge < -0.3 is 4.74 Å². The van der Waals surface area contributed by atoms with Crippen molar-refractivity contribution in [2.75, 3.05) is 13.2 Å². The summed E-state index contributed by atoms with van der Waals surface area (Å²) in [6.45, 7) is 6.27. The van der Waals surface area contributed by atoms with Crippen molar-refractivity contribution >= 4 is 11.7 Å². The van der Waals surface area contributed by atoms with Gasteiger partial charge in [0.25, 0.3) is 0 Å². The van der Waals surface area contributed by atoms with Gasteiger partial charge in [-0.3, -0.25) is 10.4 Å². The summed E-state index contributed by atoms with van der Waals surface area (Å²) in [5, 5.41) is 11.3. The van der Waals surface area contributed by atoms with E-state index in [0.29, 0.717) is 6.10 Å². The minimum absolute atomic E-state index is 0.342. The topological polar surface area (TPSA) is 49.2 Å². The Labute approximate surface area is 212 Å². The van der Waals surface area contributed by atoms with E-state index in [2.05, 4.69) is 58.8 Å². The third-order valence-electron chi connectivity index (χ3n) is 6.46. The van der Waals surface area contributed by atoms with Crippen LogP contribution in [0.4, 0.5) is 0 Å². The maximum absolute atomic E-state index is 6.35. The number of benzene rings is 2. The van der Waals surface area contributed by atoms with Crippen LogP contribution in [0.25, 0.3) is 0 Å². The van der Waals surface area contributed by atoms with E-state index in [1.165, 1.54) is 51.4 Å². The molecule has 0 amide bonds. The van der Waals surface area contributed by atoms with Crippen LogP contribution >= 0.6 is 0 Å². The Morgan fingerprint density at radius 3 is 2.06 bits per heavy atom. The molecule has 0 radical (unpaired) electrons. The van der Waals surface area contributed by atoms with E-state index < -0.39 is 0 Å². The Morgan fingerprint density at radius 1 is 0.714 bits per heavy atom. The highest BCUT2D eigenvalue weighted by Gasteiger charge is 2.21. The fourth-order valence-electron chi connectivity index (χ4n) is 4.39. The summed E-state index contributed by atoms with van der Waals surface area (Å²) in [6.07, 6.45) is 13.9. The Morgan fingerprint density at radius 2 is 1.34 bits per heavy atom. The predicted molar refractivity (Wildman–Crippen MR) is 148 cm³/mol. The molecule has 1 aliphatic heterocycles. The van der Waals surface area contributed by atoms with Crippen molar-refractivity contribution < 1.29 is 4.74 Å². The first-order valence-electron chi connectivity index (χ1n) is 13.7. The second kappa shape index (κ2) is 16.1. The maximum atomic E-state index is 6.35. The molecule has 0 aliphatic carbocycles. The first-order chi connectivity index (χ1) is 17.3. The van der Waals surface area contributed by atoms with E-state index in [1.54, 1.807) is 0 Å². The summed E-state index contributed by atoms with van der Waals surface area (Å²) >= 11 is 0. The smallest absolute Gasteiger partial charge is 0.177 e. The largest absolute Gasteiger partial charge is 0.378 e. The van der Waals surface area contributed by atoms with E-state index in [0.717, 1.165) is 55.2 Å². The highest BCUT2D eigenvalue weighted by atomic mass is 16.5. The SMILES string of the molecule is CCCCCCCCOC(CCCC)CCCN1NC(c2ccccc2)=NN=C1c1ccccc1. The van der Waals surface area contributed by atoms with Crippen molar-refractivity contribution in [3.63, 3.8) is 0 Å². The van der Waals surface area contributed by atoms with Crippen LogP contribution in [0.5, 0.6) is 0 Å². The quantitative estimate of drug-likeness (QED) is 0.243. The Hall–Kier alpha value is -2.66. The van der Waals surface area contributed by atoms with Crippen LogP contribution < -0.4 is 5.43 Å². The molecule has 190 valence electrons. The Kier molecular flexibility index (Phi) is 12.4. The molecule has 5 nitrogen and oxygen atoms in total. The van der Waals surface area contributed by atoms with E-state index in [-0.39, 0.29) is 0 Å². The van der Waals surface area contributed by atoms with Crippen molar-refractivity contribution in [1.29, 1.82) is 0 Å². The van der Waals surface area contributed by atoms with Gasteiger partial charge in [-0.05, 0) is 25.7 Å². The molecule has 2 aromatic rings. The summed E-state index contributed by atoms with van der Waals surface area (Å²) < 4.78 is 6.35. The number of unbranched alkanes of at least 4 members (excludes halogenated alkanes) is 6. The molecule has 0 spiro atoms. The summed E-state index contributed by atoms with van der Waals surface area (Å²) in [6, 6.07) is 20.5. The monoisotopic (exact) mass is 476 g/mol. The van der Waals surface area contributed by atoms with Crippen molar-refractivity contribution in [2.45, 2.75) is 90.6 Å². The second-order valence-corrected chi connectivity index (χ2v) is 9.41. The lowest BCUT2D eigenvalue weighted by atomic mass is 10.1. The molecular weight excluding hydrogens is 432 g/mol. The van der Waals surface area contributed by atoms with Crippen molar-refractivity contribution in [3.05, 3.63) is 71.8 Å². The summed E-state index contributed by atoms with van der Waals surface area (Å²) in [7, 11) is 0. The molecule has 0 aromatic heterocycles. The summed E-state index contributed by atoms with van der Waals surface area (Å²) in [5.74, 6) is 1.65. The molecular formula is C30H44N4O. The number of nitrogens with zero attached hydrogens (tertiary/aromatic N) is 3. The van der Waals surface area contributed by atoms with Crippen LogP contribution in [0.15, 0.2) is 70.9 Å². The van der Waals surface area contributed by atoms with E-state index >= 15 is 0 Å². The molecule has 2 aromatic carbocycles. The normalized spacial score (nSPS) is 14.3. The minimum atomic E-state index is 0.342. The Bertz CT molecular complexity index is 882. The number of nitrogens with one attached hydrogen (secondary N) is 1. The van der Waals surface area contributed by atoms with Crippen LogP contribution in [0.3, 0.4) is 0 Å². The first kappa shape index (κ1) is 26.9. The average molecular weight is 477 g/mol. The van der Waals surface area contributed by atoms with Crippen LogP contribution in [0.2, 0.25) is 0 Å². The number of amidine groups is 2. The third kappa shape index (κ3) is 9.48. The molecule has 1 unspecified atom stereocenters. The molecule has 3 rings (SSSR count). The van der Waals surface area contributed by atoms with Gasteiger partial charge in [0, 0.05) is 24.3 Å². The van der Waals surface area contributed by atoms with Gasteiger partial charge >= 0.3 is 0 Å². The van der Waals surface area contributed by atoms with Gasteiger partial charge in [-0.25, -0.2) is 0 Å². The number of hydrogen-bond acceptors (Lipinski definition) is 5. The number of rotatable bonds is 17. The third-order valence-corrected chi connectivity index (χ3v) is 6.46. The lowest BCUT2D eigenvalue weighted by Gasteiger charge is -2.30.